The van der Waals surface area contributed by atoms with E-state index in [2.05, 4.69) is 4.74 Å². The molecule has 1 aliphatic rings. The molecule has 5 heteroatoms. The molecular weight excluding hydrogens is 234 g/mol. The highest BCUT2D eigenvalue weighted by Gasteiger charge is 2.33. The van der Waals surface area contributed by atoms with Crippen LogP contribution in [0.15, 0.2) is 48.6 Å². The van der Waals surface area contributed by atoms with Gasteiger partial charge in [-0.05, 0) is 5.56 Å². The van der Waals surface area contributed by atoms with Crippen LogP contribution < -0.4 is 5.11 Å². The van der Waals surface area contributed by atoms with Gasteiger partial charge >= 0.3 is 5.97 Å². The van der Waals surface area contributed by atoms with E-state index in [4.69, 9.17) is 4.84 Å². The van der Waals surface area contributed by atoms with Crippen molar-refractivity contribution in [2.24, 2.45) is 0 Å². The number of ether oxygens (including phenoxy) is 1. The summed E-state index contributed by atoms with van der Waals surface area (Å²) in [5.74, 6) is -1.15. The first-order valence-electron chi connectivity index (χ1n) is 5.25. The van der Waals surface area contributed by atoms with Crippen molar-refractivity contribution in [3.63, 3.8) is 0 Å². The van der Waals surface area contributed by atoms with E-state index in [0.717, 1.165) is 4.74 Å². The average molecular weight is 245 g/mol. The predicted octanol–water partition coefficient (Wildman–Crippen LogP) is 0.431. The molecule has 0 saturated carbocycles. The molecule has 0 saturated heterocycles. The van der Waals surface area contributed by atoms with E-state index >= 15 is 0 Å². The molecular formula is C13H11NO4. The Morgan fingerprint density at radius 3 is 2.72 bits per heavy atom. The van der Waals surface area contributed by atoms with Gasteiger partial charge in [0.2, 0.25) is 12.1 Å². The number of allylic oxidation sites excluding steroid dienone is 1. The topological polar surface area (TPSA) is 61.6 Å². The molecule has 0 aliphatic carbocycles. The summed E-state index contributed by atoms with van der Waals surface area (Å²) >= 11 is 0. The summed E-state index contributed by atoms with van der Waals surface area (Å²) in [4.78, 5) is 16.5. The maximum Gasteiger partial charge on any atom is 0.417 e. The van der Waals surface area contributed by atoms with Gasteiger partial charge in [-0.2, -0.15) is 4.84 Å². The summed E-state index contributed by atoms with van der Waals surface area (Å²) in [5, 5.41) is 11.9. The molecule has 0 bridgehead atoms. The van der Waals surface area contributed by atoms with E-state index in [1.54, 1.807) is 30.3 Å². The van der Waals surface area contributed by atoms with Crippen LogP contribution in [-0.2, 0) is 14.4 Å². The summed E-state index contributed by atoms with van der Waals surface area (Å²) in [6.45, 7) is 0. The molecule has 1 aromatic carbocycles. The summed E-state index contributed by atoms with van der Waals surface area (Å²) in [6, 6.07) is 8.67. The number of hydroxylamine groups is 1. The van der Waals surface area contributed by atoms with Gasteiger partial charge in [-0.15, -0.1) is 0 Å². The zero-order valence-electron chi connectivity index (χ0n) is 9.70. The van der Waals surface area contributed by atoms with Gasteiger partial charge in [0, 0.05) is 10.8 Å². The highest BCUT2D eigenvalue weighted by Crippen LogP contribution is 2.23. The minimum atomic E-state index is -0.659. The standard InChI is InChI=1S/C13H11NO4/c1-17-9-5-8-14-12(15)11(13(16)18-14)10-6-3-2-4-7-10/h2-9H,1H3/b9-5+,14-8+. The van der Waals surface area contributed by atoms with Gasteiger partial charge in [0.15, 0.2) is 0 Å². The molecule has 0 spiro atoms. The normalized spacial score (nSPS) is 17.6. The van der Waals surface area contributed by atoms with Crippen LogP contribution in [-0.4, -0.2) is 24.0 Å². The van der Waals surface area contributed by atoms with Crippen LogP contribution in [0.4, 0.5) is 0 Å². The van der Waals surface area contributed by atoms with E-state index in [1.807, 2.05) is 0 Å². The summed E-state index contributed by atoms with van der Waals surface area (Å²) in [6.07, 6.45) is 4.14. The first-order valence-corrected chi connectivity index (χ1v) is 5.25. The lowest BCUT2D eigenvalue weighted by molar-refractivity contribution is -0.770. The van der Waals surface area contributed by atoms with Gasteiger partial charge in [-0.25, -0.2) is 4.79 Å². The number of carbonyl (C=O) groups is 1. The van der Waals surface area contributed by atoms with Crippen LogP contribution in [0.25, 0.3) is 5.57 Å². The van der Waals surface area contributed by atoms with Crippen molar-refractivity contribution in [1.82, 2.24) is 0 Å². The summed E-state index contributed by atoms with van der Waals surface area (Å²) in [5.41, 5.74) is 0.566. The van der Waals surface area contributed by atoms with Crippen LogP contribution in [0.1, 0.15) is 5.56 Å². The maximum absolute atomic E-state index is 11.9. The molecule has 0 N–H and O–H groups in total. The SMILES string of the molecule is CO/C=C/C=[N+]1/OC(=O)C(c2ccccc2)=C1[O-]. The minimum absolute atomic E-state index is 0.0256. The van der Waals surface area contributed by atoms with Gasteiger partial charge in [0.05, 0.1) is 13.4 Å². The number of carbonyl (C=O) groups excluding carboxylic acids is 1. The average Bonchev–Trinajstić information content (AvgIpc) is 2.66. The Kier molecular flexibility index (Phi) is 3.43. The Morgan fingerprint density at radius 1 is 1.33 bits per heavy atom. The third-order valence-electron chi connectivity index (χ3n) is 2.30. The fraction of sp³-hybridized carbons (Fsp3) is 0.0769. The van der Waals surface area contributed by atoms with E-state index in [1.165, 1.54) is 25.7 Å². The van der Waals surface area contributed by atoms with Gasteiger partial charge in [0.25, 0.3) is 0 Å². The molecule has 1 aromatic rings. The quantitative estimate of drug-likeness (QED) is 0.440. The van der Waals surface area contributed by atoms with Crippen LogP contribution in [0, 0.1) is 0 Å². The van der Waals surface area contributed by atoms with Crippen molar-refractivity contribution >= 4 is 17.8 Å². The summed E-state index contributed by atoms with van der Waals surface area (Å²) < 4.78 is 5.55. The number of hydrogen-bond donors (Lipinski definition) is 0. The Balaban J connectivity index is 2.38. The molecule has 92 valence electrons. The molecule has 5 nitrogen and oxygen atoms in total. The van der Waals surface area contributed by atoms with E-state index in [9.17, 15) is 9.90 Å². The third-order valence-corrected chi connectivity index (χ3v) is 2.30. The zero-order valence-corrected chi connectivity index (χ0v) is 9.70. The van der Waals surface area contributed by atoms with Crippen LogP contribution >= 0.6 is 0 Å². The molecule has 0 atom stereocenters. The van der Waals surface area contributed by atoms with Crippen LogP contribution in [0.5, 0.6) is 0 Å². The van der Waals surface area contributed by atoms with Crippen molar-refractivity contribution < 1.29 is 24.2 Å². The van der Waals surface area contributed by atoms with Crippen LogP contribution in [0.3, 0.4) is 0 Å². The largest absolute Gasteiger partial charge is 0.819 e. The van der Waals surface area contributed by atoms with Crippen molar-refractivity contribution in [3.05, 3.63) is 54.1 Å². The Labute approximate surface area is 104 Å². The molecule has 0 aromatic heterocycles. The Morgan fingerprint density at radius 2 is 2.06 bits per heavy atom. The van der Waals surface area contributed by atoms with E-state index in [-0.39, 0.29) is 5.57 Å². The number of hydrogen-bond acceptors (Lipinski definition) is 4. The molecule has 1 aliphatic heterocycles. The van der Waals surface area contributed by atoms with Gasteiger partial charge < -0.3 is 9.84 Å². The number of nitrogens with zero attached hydrogens (tertiary/aromatic N) is 1. The first-order chi connectivity index (χ1) is 8.74. The van der Waals surface area contributed by atoms with E-state index < -0.39 is 11.9 Å². The molecule has 2 rings (SSSR count). The molecule has 18 heavy (non-hydrogen) atoms. The molecule has 0 unspecified atom stereocenters. The molecule has 0 fully saturated rings. The van der Waals surface area contributed by atoms with Crippen molar-refractivity contribution in [3.8, 4) is 0 Å². The zero-order chi connectivity index (χ0) is 13.0. The van der Waals surface area contributed by atoms with Gasteiger partial charge in [-0.1, -0.05) is 30.3 Å². The molecule has 0 radical (unpaired) electrons. The van der Waals surface area contributed by atoms with Crippen molar-refractivity contribution in [1.29, 1.82) is 0 Å². The van der Waals surface area contributed by atoms with Crippen molar-refractivity contribution in [2.45, 2.75) is 0 Å². The first kappa shape index (κ1) is 11.9. The highest BCUT2D eigenvalue weighted by atomic mass is 16.7. The second kappa shape index (κ2) is 5.18. The van der Waals surface area contributed by atoms with Gasteiger partial charge in [0.1, 0.15) is 5.57 Å². The second-order valence-corrected chi connectivity index (χ2v) is 3.46. The highest BCUT2D eigenvalue weighted by molar-refractivity contribution is 6.17. The Hall–Kier alpha value is -2.56. The monoisotopic (exact) mass is 245 g/mol. The number of rotatable bonds is 3. The van der Waals surface area contributed by atoms with Crippen molar-refractivity contribution in [2.75, 3.05) is 7.11 Å². The minimum Gasteiger partial charge on any atom is -0.819 e. The smallest absolute Gasteiger partial charge is 0.417 e. The molecule has 0 amide bonds. The van der Waals surface area contributed by atoms with E-state index in [0.29, 0.717) is 5.56 Å². The third kappa shape index (κ3) is 2.24. The summed E-state index contributed by atoms with van der Waals surface area (Å²) in [7, 11) is 1.48. The lowest BCUT2D eigenvalue weighted by atomic mass is 10.1. The number of benzene rings is 1. The predicted molar refractivity (Wildman–Crippen MR) is 61.9 cm³/mol. The van der Waals surface area contributed by atoms with Gasteiger partial charge in [-0.3, -0.25) is 0 Å². The number of methoxy groups -OCH3 is 1. The fourth-order valence-corrected chi connectivity index (χ4v) is 1.51. The maximum atomic E-state index is 11.9. The van der Waals surface area contributed by atoms with Crippen LogP contribution in [0.2, 0.25) is 0 Å². The fourth-order valence-electron chi connectivity index (χ4n) is 1.51. The second-order valence-electron chi connectivity index (χ2n) is 3.46. The lowest BCUT2D eigenvalue weighted by Gasteiger charge is -1.99. The molecule has 1 heterocycles. The Bertz CT molecular complexity index is 543. The lowest BCUT2D eigenvalue weighted by Crippen LogP contribution is -2.17.